The summed E-state index contributed by atoms with van der Waals surface area (Å²) in [6.45, 7) is 6.63. The highest BCUT2D eigenvalue weighted by Gasteiger charge is 2.02. The molecule has 0 N–H and O–H groups in total. The van der Waals surface area contributed by atoms with Gasteiger partial charge in [0.25, 0.3) is 0 Å². The number of unbranched alkanes of at least 4 members (excludes halogenated alkanes) is 4. The van der Waals surface area contributed by atoms with Gasteiger partial charge in [0.1, 0.15) is 0 Å². The van der Waals surface area contributed by atoms with Gasteiger partial charge in [-0.2, -0.15) is 0 Å². The van der Waals surface area contributed by atoms with Gasteiger partial charge >= 0.3 is 0 Å². The summed E-state index contributed by atoms with van der Waals surface area (Å²) in [4.78, 5) is 0. The molecule has 0 heterocycles. The number of hydrogen-bond acceptors (Lipinski definition) is 0. The minimum atomic E-state index is 0.933. The van der Waals surface area contributed by atoms with Gasteiger partial charge in [-0.3, -0.25) is 0 Å². The van der Waals surface area contributed by atoms with Gasteiger partial charge in [0.15, 0.2) is 0 Å². The van der Waals surface area contributed by atoms with E-state index in [1.54, 1.807) is 0 Å². The van der Waals surface area contributed by atoms with Crippen LogP contribution in [0.2, 0.25) is 0 Å². The van der Waals surface area contributed by atoms with Gasteiger partial charge in [0.05, 0.1) is 0 Å². The van der Waals surface area contributed by atoms with E-state index in [1.165, 1.54) is 54.4 Å². The summed E-state index contributed by atoms with van der Waals surface area (Å²) in [6.07, 6.45) is 12.4. The lowest BCUT2D eigenvalue weighted by Gasteiger charge is -2.10. The maximum absolute atomic E-state index is 5.24. The molecule has 0 unspecified atom stereocenters. The van der Waals surface area contributed by atoms with Crippen molar-refractivity contribution in [3.05, 3.63) is 34.4 Å². The van der Waals surface area contributed by atoms with Crippen molar-refractivity contribution in [2.24, 2.45) is 0 Å². The molecule has 0 radical (unpaired) electrons. The fraction of sp³-hybridized carbons (Fsp3) is 0.529. The van der Waals surface area contributed by atoms with Crippen LogP contribution in [0.25, 0.3) is 0 Å². The summed E-state index contributed by atoms with van der Waals surface area (Å²) in [6, 6.07) is 4.61. The third kappa shape index (κ3) is 4.65. The molecule has 0 saturated carbocycles. The Kier molecular flexibility index (Phi) is 5.84. The van der Waals surface area contributed by atoms with E-state index >= 15 is 0 Å². The van der Waals surface area contributed by atoms with Crippen LogP contribution in [0.4, 0.5) is 0 Å². The zero-order valence-corrected chi connectivity index (χ0v) is 11.5. The Morgan fingerprint density at radius 3 is 2.41 bits per heavy atom. The summed E-state index contributed by atoms with van der Waals surface area (Å²) in [7, 11) is 0. The molecule has 0 aliphatic carbocycles. The molecule has 0 saturated heterocycles. The summed E-state index contributed by atoms with van der Waals surface area (Å²) in [5, 5.41) is 0. The van der Waals surface area contributed by atoms with E-state index in [2.05, 4.69) is 38.8 Å². The molecule has 1 aromatic rings. The number of terminal acetylenes is 1. The lowest BCUT2D eigenvalue weighted by molar-refractivity contribution is 0.649. The summed E-state index contributed by atoms with van der Waals surface area (Å²) < 4.78 is 0. The fourth-order valence-electron chi connectivity index (χ4n) is 2.28. The van der Waals surface area contributed by atoms with Crippen molar-refractivity contribution in [1.29, 1.82) is 0 Å². The average Bonchev–Trinajstić information content (AvgIpc) is 2.29. The van der Waals surface area contributed by atoms with Crippen LogP contribution in [-0.2, 0) is 6.42 Å². The molecule has 0 nitrogen and oxygen atoms in total. The zero-order chi connectivity index (χ0) is 12.7. The predicted octanol–water partition coefficient (Wildman–Crippen LogP) is 4.74. The van der Waals surface area contributed by atoms with Crippen molar-refractivity contribution in [3.63, 3.8) is 0 Å². The normalized spacial score (nSPS) is 10.2. The van der Waals surface area contributed by atoms with E-state index in [4.69, 9.17) is 6.42 Å². The van der Waals surface area contributed by atoms with Crippen LogP contribution in [0.5, 0.6) is 0 Å². The lowest BCUT2D eigenvalue weighted by atomic mass is 9.96. The second-order valence-corrected chi connectivity index (χ2v) is 4.98. The summed E-state index contributed by atoms with van der Waals surface area (Å²) in [5.41, 5.74) is 5.81. The monoisotopic (exact) mass is 228 g/mol. The third-order valence-corrected chi connectivity index (χ3v) is 3.44. The van der Waals surface area contributed by atoms with E-state index in [0.717, 1.165) is 6.42 Å². The molecule has 0 fully saturated rings. The molecule has 1 aromatic carbocycles. The first kappa shape index (κ1) is 13.8. The third-order valence-electron chi connectivity index (χ3n) is 3.44. The molecular weight excluding hydrogens is 204 g/mol. The second kappa shape index (κ2) is 7.17. The van der Waals surface area contributed by atoms with Crippen molar-refractivity contribution in [2.75, 3.05) is 0 Å². The van der Waals surface area contributed by atoms with Gasteiger partial charge in [-0.1, -0.05) is 30.5 Å². The van der Waals surface area contributed by atoms with Crippen LogP contribution >= 0.6 is 0 Å². The maximum atomic E-state index is 5.24. The first-order valence-corrected chi connectivity index (χ1v) is 6.65. The van der Waals surface area contributed by atoms with E-state index in [0.29, 0.717) is 0 Å². The molecule has 1 rings (SSSR count). The predicted molar refractivity (Wildman–Crippen MR) is 76.3 cm³/mol. The van der Waals surface area contributed by atoms with E-state index in [-0.39, 0.29) is 0 Å². The Morgan fingerprint density at radius 1 is 1.00 bits per heavy atom. The molecule has 0 aliphatic rings. The van der Waals surface area contributed by atoms with E-state index < -0.39 is 0 Å². The number of benzene rings is 1. The Hall–Kier alpha value is -1.22. The van der Waals surface area contributed by atoms with Gasteiger partial charge in [0, 0.05) is 6.42 Å². The highest BCUT2D eigenvalue weighted by Crippen LogP contribution is 2.18. The molecule has 0 bridgehead atoms. The van der Waals surface area contributed by atoms with Crippen LogP contribution in [0, 0.1) is 33.1 Å². The van der Waals surface area contributed by atoms with Crippen molar-refractivity contribution in [3.8, 4) is 12.3 Å². The quantitative estimate of drug-likeness (QED) is 0.487. The Bertz CT molecular complexity index is 393. The van der Waals surface area contributed by atoms with Crippen LogP contribution in [0.1, 0.15) is 54.4 Å². The van der Waals surface area contributed by atoms with E-state index in [1.807, 2.05) is 0 Å². The molecule has 17 heavy (non-hydrogen) atoms. The first-order chi connectivity index (χ1) is 8.15. The molecular formula is C17H24. The molecule has 0 aliphatic heterocycles. The molecule has 0 aromatic heterocycles. The van der Waals surface area contributed by atoms with Crippen molar-refractivity contribution in [2.45, 2.75) is 59.3 Å². The van der Waals surface area contributed by atoms with Gasteiger partial charge in [-0.15, -0.1) is 12.3 Å². The number of rotatable bonds is 6. The van der Waals surface area contributed by atoms with Gasteiger partial charge in [-0.05, 0) is 56.7 Å². The van der Waals surface area contributed by atoms with Crippen LogP contribution in [0.3, 0.4) is 0 Å². The minimum absolute atomic E-state index is 0.933. The summed E-state index contributed by atoms with van der Waals surface area (Å²) >= 11 is 0. The number of aryl methyl sites for hydroxylation is 3. The molecule has 0 amide bonds. The smallest absolute Gasteiger partial charge is 0.00860 e. The van der Waals surface area contributed by atoms with Crippen molar-refractivity contribution >= 4 is 0 Å². The van der Waals surface area contributed by atoms with Crippen molar-refractivity contribution < 1.29 is 0 Å². The van der Waals surface area contributed by atoms with E-state index in [9.17, 15) is 0 Å². The number of hydrogen-bond donors (Lipinski definition) is 0. The Morgan fingerprint density at radius 2 is 1.71 bits per heavy atom. The fourth-order valence-corrected chi connectivity index (χ4v) is 2.28. The maximum Gasteiger partial charge on any atom is 0.00860 e. The van der Waals surface area contributed by atoms with Crippen LogP contribution < -0.4 is 0 Å². The molecule has 92 valence electrons. The van der Waals surface area contributed by atoms with Gasteiger partial charge < -0.3 is 0 Å². The minimum Gasteiger partial charge on any atom is -0.120 e. The Balaban J connectivity index is 2.39. The van der Waals surface area contributed by atoms with Crippen LogP contribution in [-0.4, -0.2) is 0 Å². The molecule has 0 atom stereocenters. The topological polar surface area (TPSA) is 0 Å². The average molecular weight is 228 g/mol. The highest BCUT2D eigenvalue weighted by atomic mass is 14.1. The highest BCUT2D eigenvalue weighted by molar-refractivity contribution is 5.37. The van der Waals surface area contributed by atoms with Gasteiger partial charge in [-0.25, -0.2) is 0 Å². The van der Waals surface area contributed by atoms with Crippen LogP contribution in [0.15, 0.2) is 12.1 Å². The lowest BCUT2D eigenvalue weighted by Crippen LogP contribution is -1.94. The SMILES string of the molecule is C#CCCCCCCc1cc(C)cc(C)c1C. The summed E-state index contributed by atoms with van der Waals surface area (Å²) in [5.74, 6) is 2.70. The Labute approximate surface area is 106 Å². The second-order valence-electron chi connectivity index (χ2n) is 4.98. The van der Waals surface area contributed by atoms with Crippen molar-refractivity contribution in [1.82, 2.24) is 0 Å². The zero-order valence-electron chi connectivity index (χ0n) is 11.5. The largest absolute Gasteiger partial charge is 0.120 e. The molecule has 0 heteroatoms. The van der Waals surface area contributed by atoms with Gasteiger partial charge in [0.2, 0.25) is 0 Å². The first-order valence-electron chi connectivity index (χ1n) is 6.65. The standard InChI is InChI=1S/C17H24/c1-5-6-7-8-9-10-11-17-13-14(2)12-15(3)16(17)4/h1,12-13H,6-11H2,2-4H3. The molecule has 0 spiro atoms.